The highest BCUT2D eigenvalue weighted by molar-refractivity contribution is 6.09. The van der Waals surface area contributed by atoms with E-state index in [4.69, 9.17) is 19.4 Å². The molecule has 2 aromatic heterocycles. The Morgan fingerprint density at radius 3 is 2.09 bits per heavy atom. The Labute approximate surface area is 257 Å². The van der Waals surface area contributed by atoms with E-state index in [9.17, 15) is 5.26 Å². The van der Waals surface area contributed by atoms with Gasteiger partial charge in [-0.05, 0) is 85.1 Å². The zero-order valence-electron chi connectivity index (χ0n) is 25.1. The van der Waals surface area contributed by atoms with Gasteiger partial charge in [-0.15, -0.1) is 0 Å². The van der Waals surface area contributed by atoms with Crippen LogP contribution in [0, 0.1) is 29.1 Å². The number of benzene rings is 4. The van der Waals surface area contributed by atoms with E-state index in [1.54, 1.807) is 6.07 Å². The molecule has 0 amide bonds. The van der Waals surface area contributed by atoms with Crippen molar-refractivity contribution in [2.75, 3.05) is 0 Å². The summed E-state index contributed by atoms with van der Waals surface area (Å²) in [6.07, 6.45) is 6.61. The molecule has 2 aliphatic rings. The minimum Gasteiger partial charge on any atom is -0.455 e. The van der Waals surface area contributed by atoms with Crippen LogP contribution >= 0.6 is 0 Å². The molecule has 0 N–H and O–H groups in total. The molecule has 2 aliphatic carbocycles. The molecule has 6 aromatic rings. The molecule has 0 spiro atoms. The number of furan rings is 1. The van der Waals surface area contributed by atoms with Gasteiger partial charge in [0.2, 0.25) is 0 Å². The second-order valence-corrected chi connectivity index (χ2v) is 13.3. The highest BCUT2D eigenvalue weighted by Gasteiger charge is 2.45. The van der Waals surface area contributed by atoms with E-state index in [0.717, 1.165) is 50.8 Å². The van der Waals surface area contributed by atoms with Crippen LogP contribution in [0.25, 0.3) is 56.1 Å². The van der Waals surface area contributed by atoms with Crippen LogP contribution in [-0.4, -0.2) is 15.0 Å². The monoisotopic (exact) mass is 574 g/mol. The summed E-state index contributed by atoms with van der Waals surface area (Å²) < 4.78 is 6.36. The Hall–Kier alpha value is -4.82. The van der Waals surface area contributed by atoms with Crippen LogP contribution < -0.4 is 0 Å². The number of nitriles is 1. The van der Waals surface area contributed by atoms with Crippen LogP contribution in [0.15, 0.2) is 95.4 Å². The lowest BCUT2D eigenvalue weighted by Crippen LogP contribution is -2.42. The normalized spacial score (nSPS) is 23.1. The fourth-order valence-electron chi connectivity index (χ4n) is 8.42. The van der Waals surface area contributed by atoms with Crippen molar-refractivity contribution in [3.63, 3.8) is 0 Å². The second kappa shape index (κ2) is 10.4. The summed E-state index contributed by atoms with van der Waals surface area (Å²) in [6.45, 7) is 4.88. The van der Waals surface area contributed by atoms with Crippen LogP contribution in [0.1, 0.15) is 57.1 Å². The van der Waals surface area contributed by atoms with E-state index in [1.807, 2.05) is 60.7 Å². The molecule has 2 unspecified atom stereocenters. The van der Waals surface area contributed by atoms with Crippen molar-refractivity contribution in [3.8, 4) is 40.2 Å². The first kappa shape index (κ1) is 26.8. The number of nitrogens with zero attached hydrogens (tertiary/aromatic N) is 4. The van der Waals surface area contributed by atoms with Gasteiger partial charge in [-0.2, -0.15) is 5.26 Å². The molecule has 2 heterocycles. The zero-order valence-corrected chi connectivity index (χ0v) is 25.1. The maximum absolute atomic E-state index is 9.47. The summed E-state index contributed by atoms with van der Waals surface area (Å²) in [4.78, 5) is 15.0. The van der Waals surface area contributed by atoms with Gasteiger partial charge in [0.15, 0.2) is 17.5 Å². The fourth-order valence-corrected chi connectivity index (χ4v) is 8.42. The van der Waals surface area contributed by atoms with E-state index in [0.29, 0.717) is 28.6 Å². The van der Waals surface area contributed by atoms with Gasteiger partial charge in [0.05, 0.1) is 17.2 Å². The molecule has 8 rings (SSSR count). The molecule has 44 heavy (non-hydrogen) atoms. The van der Waals surface area contributed by atoms with Gasteiger partial charge in [0.1, 0.15) is 11.2 Å². The third-order valence-corrected chi connectivity index (χ3v) is 9.92. The summed E-state index contributed by atoms with van der Waals surface area (Å²) in [5.41, 5.74) is 6.49. The molecule has 216 valence electrons. The van der Waals surface area contributed by atoms with E-state index < -0.39 is 0 Å². The van der Waals surface area contributed by atoms with Gasteiger partial charge in [0.25, 0.3) is 0 Å². The molecule has 0 saturated heterocycles. The van der Waals surface area contributed by atoms with Crippen molar-refractivity contribution >= 4 is 21.9 Å². The number of hydrogen-bond acceptors (Lipinski definition) is 5. The lowest BCUT2D eigenvalue weighted by molar-refractivity contribution is 0.0780. The van der Waals surface area contributed by atoms with Gasteiger partial charge >= 0.3 is 0 Å². The highest BCUT2D eigenvalue weighted by Crippen LogP contribution is 2.54. The van der Waals surface area contributed by atoms with Crippen LogP contribution in [0.5, 0.6) is 0 Å². The minimum atomic E-state index is 0.278. The van der Waals surface area contributed by atoms with E-state index in [1.165, 1.54) is 37.7 Å². The lowest BCUT2D eigenvalue weighted by atomic mass is 9.54. The van der Waals surface area contributed by atoms with Crippen molar-refractivity contribution in [2.45, 2.75) is 51.4 Å². The first-order valence-electron chi connectivity index (χ1n) is 15.8. The van der Waals surface area contributed by atoms with Gasteiger partial charge in [-0.25, -0.2) is 15.0 Å². The number of rotatable bonds is 4. The second-order valence-electron chi connectivity index (χ2n) is 13.3. The maximum atomic E-state index is 9.47. The SMILES string of the molecule is C[C@@H]1CC2C[C@H](C)CC(c3ccc(-c4nc(-c5ccccc5)nc(-c5cccc6c5oc5ccc(C#N)cc56)n4)cc3)(C2)C1. The zero-order chi connectivity index (χ0) is 29.8. The quantitative estimate of drug-likeness (QED) is 0.209. The molecule has 2 bridgehead atoms. The van der Waals surface area contributed by atoms with Gasteiger partial charge in [-0.1, -0.05) is 80.6 Å². The van der Waals surface area contributed by atoms with E-state index >= 15 is 0 Å². The number of hydrogen-bond donors (Lipinski definition) is 0. The maximum Gasteiger partial charge on any atom is 0.167 e. The highest BCUT2D eigenvalue weighted by atomic mass is 16.3. The lowest BCUT2D eigenvalue weighted by Gasteiger charge is -2.50. The Bertz CT molecular complexity index is 2040. The van der Waals surface area contributed by atoms with Crippen LogP contribution in [0.3, 0.4) is 0 Å². The largest absolute Gasteiger partial charge is 0.455 e. The van der Waals surface area contributed by atoms with Crippen molar-refractivity contribution in [3.05, 3.63) is 102 Å². The van der Waals surface area contributed by atoms with Gasteiger partial charge in [-0.3, -0.25) is 0 Å². The first-order chi connectivity index (χ1) is 21.5. The average molecular weight is 575 g/mol. The van der Waals surface area contributed by atoms with Crippen molar-refractivity contribution in [2.24, 2.45) is 17.8 Å². The minimum absolute atomic E-state index is 0.278. The third kappa shape index (κ3) is 4.57. The fraction of sp³-hybridized carbons (Fsp3) is 0.282. The van der Waals surface area contributed by atoms with Gasteiger partial charge in [0, 0.05) is 21.9 Å². The van der Waals surface area contributed by atoms with Crippen molar-refractivity contribution in [1.29, 1.82) is 5.26 Å². The Kier molecular flexibility index (Phi) is 6.34. The molecule has 5 heteroatoms. The number of aromatic nitrogens is 3. The van der Waals surface area contributed by atoms with Crippen LogP contribution in [0.4, 0.5) is 0 Å². The van der Waals surface area contributed by atoms with Crippen LogP contribution in [0.2, 0.25) is 0 Å². The average Bonchev–Trinajstić information content (AvgIpc) is 3.42. The molecule has 4 atom stereocenters. The molecular formula is C39H34N4O. The predicted molar refractivity (Wildman–Crippen MR) is 175 cm³/mol. The van der Waals surface area contributed by atoms with Crippen LogP contribution in [-0.2, 0) is 5.41 Å². The summed E-state index contributed by atoms with van der Waals surface area (Å²) in [6, 6.07) is 32.9. The van der Waals surface area contributed by atoms with E-state index in [-0.39, 0.29) is 5.41 Å². The Morgan fingerprint density at radius 1 is 0.705 bits per heavy atom. The molecule has 2 fully saturated rings. The molecular weight excluding hydrogens is 540 g/mol. The van der Waals surface area contributed by atoms with Crippen molar-refractivity contribution in [1.82, 2.24) is 15.0 Å². The predicted octanol–water partition coefficient (Wildman–Crippen LogP) is 9.75. The summed E-state index contributed by atoms with van der Waals surface area (Å²) in [5, 5.41) is 11.3. The summed E-state index contributed by atoms with van der Waals surface area (Å²) >= 11 is 0. The summed E-state index contributed by atoms with van der Waals surface area (Å²) in [7, 11) is 0. The summed E-state index contributed by atoms with van der Waals surface area (Å²) in [5.74, 6) is 4.21. The van der Waals surface area contributed by atoms with Crippen molar-refractivity contribution < 1.29 is 4.42 Å². The smallest absolute Gasteiger partial charge is 0.167 e. The Morgan fingerprint density at radius 2 is 1.39 bits per heavy atom. The van der Waals surface area contributed by atoms with Gasteiger partial charge < -0.3 is 4.42 Å². The molecule has 0 radical (unpaired) electrons. The molecule has 5 nitrogen and oxygen atoms in total. The Balaban J connectivity index is 1.25. The first-order valence-corrected chi connectivity index (χ1v) is 15.8. The number of para-hydroxylation sites is 1. The molecule has 4 aromatic carbocycles. The molecule has 0 aliphatic heterocycles. The standard InChI is InChI=1S/C39H34N4O/c1-24-17-27-18-25(2)21-39(20-24,22-27)30-14-12-29(13-15-30)37-41-36(28-7-4-3-5-8-28)42-38(43-37)32-10-6-9-31-33-19-26(23-40)11-16-34(33)44-35(31)32/h3-16,19,24-25,27H,17-18,20-22H2,1-2H3/t24-,25+,27?,39?. The molecule has 2 saturated carbocycles. The third-order valence-electron chi connectivity index (χ3n) is 9.92. The van der Waals surface area contributed by atoms with E-state index in [2.05, 4.69) is 44.2 Å². The number of fused-ring (bicyclic) bond motifs is 5. The topological polar surface area (TPSA) is 75.6 Å².